The molecule has 152 valence electrons. The first-order valence-electron chi connectivity index (χ1n) is 9.46. The topological polar surface area (TPSA) is 76.3 Å². The summed E-state index contributed by atoms with van der Waals surface area (Å²) in [7, 11) is -3.72. The minimum absolute atomic E-state index is 0.229. The lowest BCUT2D eigenvalue weighted by molar-refractivity contribution is 0.290. The van der Waals surface area contributed by atoms with Gasteiger partial charge in [0.2, 0.25) is 21.7 Å². The van der Waals surface area contributed by atoms with Gasteiger partial charge < -0.3 is 4.52 Å². The molecule has 1 aliphatic heterocycles. The van der Waals surface area contributed by atoms with E-state index in [2.05, 4.69) is 10.1 Å². The molecule has 2 aromatic carbocycles. The molecule has 0 bridgehead atoms. The molecule has 1 atom stereocenters. The van der Waals surface area contributed by atoms with Crippen molar-refractivity contribution in [1.82, 2.24) is 14.4 Å². The van der Waals surface area contributed by atoms with Crippen molar-refractivity contribution in [3.63, 3.8) is 0 Å². The zero-order valence-corrected chi connectivity index (χ0v) is 17.3. The van der Waals surface area contributed by atoms with E-state index in [0.717, 1.165) is 11.1 Å². The molecule has 29 heavy (non-hydrogen) atoms. The second kappa shape index (κ2) is 7.35. The SMILES string of the molecule is Cc1cc(C)c(S(=O)(=O)N2CCC[C@@H]2c2nc(-c3cccc(F)c3)no2)cc1C. The summed E-state index contributed by atoms with van der Waals surface area (Å²) >= 11 is 0. The van der Waals surface area contributed by atoms with Crippen LogP contribution in [0.25, 0.3) is 11.4 Å². The highest BCUT2D eigenvalue weighted by Gasteiger charge is 2.40. The van der Waals surface area contributed by atoms with E-state index in [4.69, 9.17) is 4.52 Å². The van der Waals surface area contributed by atoms with Crippen LogP contribution in [0.5, 0.6) is 0 Å². The molecular weight excluding hydrogens is 393 g/mol. The van der Waals surface area contributed by atoms with Gasteiger partial charge in [-0.15, -0.1) is 0 Å². The Balaban J connectivity index is 1.69. The van der Waals surface area contributed by atoms with Crippen LogP contribution in [0.2, 0.25) is 0 Å². The van der Waals surface area contributed by atoms with E-state index in [1.165, 1.54) is 16.4 Å². The van der Waals surface area contributed by atoms with E-state index < -0.39 is 21.9 Å². The van der Waals surface area contributed by atoms with Gasteiger partial charge in [0.15, 0.2) is 0 Å². The maximum Gasteiger partial charge on any atom is 0.245 e. The minimum atomic E-state index is -3.72. The Morgan fingerprint density at radius 2 is 1.86 bits per heavy atom. The molecule has 2 heterocycles. The number of nitrogens with zero attached hydrogens (tertiary/aromatic N) is 3. The first kappa shape index (κ1) is 19.7. The summed E-state index contributed by atoms with van der Waals surface area (Å²) < 4.78 is 47.1. The van der Waals surface area contributed by atoms with Crippen molar-refractivity contribution in [2.75, 3.05) is 6.54 Å². The van der Waals surface area contributed by atoms with Crippen molar-refractivity contribution in [1.29, 1.82) is 0 Å². The van der Waals surface area contributed by atoms with E-state index >= 15 is 0 Å². The molecule has 1 aliphatic rings. The van der Waals surface area contributed by atoms with Crippen molar-refractivity contribution >= 4 is 10.0 Å². The van der Waals surface area contributed by atoms with Crippen molar-refractivity contribution in [3.05, 3.63) is 64.8 Å². The molecule has 0 N–H and O–H groups in total. The predicted molar refractivity (Wildman–Crippen MR) is 106 cm³/mol. The third-order valence-electron chi connectivity index (χ3n) is 5.39. The zero-order chi connectivity index (χ0) is 20.8. The fourth-order valence-corrected chi connectivity index (χ4v) is 5.67. The molecule has 0 unspecified atom stereocenters. The maximum atomic E-state index is 13.5. The minimum Gasteiger partial charge on any atom is -0.337 e. The van der Waals surface area contributed by atoms with Crippen LogP contribution in [0.4, 0.5) is 4.39 Å². The number of hydrogen-bond acceptors (Lipinski definition) is 5. The van der Waals surface area contributed by atoms with Crippen LogP contribution >= 0.6 is 0 Å². The quantitative estimate of drug-likeness (QED) is 0.634. The molecule has 0 spiro atoms. The zero-order valence-electron chi connectivity index (χ0n) is 16.5. The summed E-state index contributed by atoms with van der Waals surface area (Å²) in [4.78, 5) is 4.67. The van der Waals surface area contributed by atoms with Gasteiger partial charge in [-0.2, -0.15) is 9.29 Å². The van der Waals surface area contributed by atoms with Crippen LogP contribution in [0.3, 0.4) is 0 Å². The van der Waals surface area contributed by atoms with Crippen molar-refractivity contribution in [2.24, 2.45) is 0 Å². The Bertz CT molecular complexity index is 1170. The van der Waals surface area contributed by atoms with Crippen LogP contribution in [0, 0.1) is 26.6 Å². The fourth-order valence-electron chi connectivity index (χ4n) is 3.73. The van der Waals surface area contributed by atoms with Crippen LogP contribution in [-0.2, 0) is 10.0 Å². The standard InChI is InChI=1S/C21H22FN3O3S/c1-13-10-15(3)19(11-14(13)2)29(26,27)25-9-5-8-18(25)21-23-20(24-28-21)16-6-4-7-17(22)12-16/h4,6-7,10-12,18H,5,8-9H2,1-3H3/t18-/m1/s1. The predicted octanol–water partition coefficient (Wildman–Crippen LogP) is 4.33. The lowest BCUT2D eigenvalue weighted by Gasteiger charge is -2.23. The third-order valence-corrected chi connectivity index (χ3v) is 7.44. The summed E-state index contributed by atoms with van der Waals surface area (Å²) in [5.41, 5.74) is 3.18. The first-order chi connectivity index (χ1) is 13.8. The van der Waals surface area contributed by atoms with Crippen LogP contribution in [-0.4, -0.2) is 29.4 Å². The number of sulfonamides is 1. The molecule has 0 saturated carbocycles. The van der Waals surface area contributed by atoms with Crippen LogP contribution in [0.15, 0.2) is 45.8 Å². The number of halogens is 1. The van der Waals surface area contributed by atoms with Gasteiger partial charge in [0.05, 0.1) is 4.90 Å². The van der Waals surface area contributed by atoms with Gasteiger partial charge in [-0.1, -0.05) is 23.4 Å². The largest absolute Gasteiger partial charge is 0.337 e. The van der Waals surface area contributed by atoms with Gasteiger partial charge in [-0.25, -0.2) is 12.8 Å². The summed E-state index contributed by atoms with van der Waals surface area (Å²) in [5, 5.41) is 3.93. The molecule has 0 amide bonds. The number of hydrogen-bond donors (Lipinski definition) is 0. The Hall–Kier alpha value is -2.58. The van der Waals surface area contributed by atoms with E-state index in [-0.39, 0.29) is 11.7 Å². The average molecular weight is 415 g/mol. The van der Waals surface area contributed by atoms with E-state index in [1.54, 1.807) is 25.1 Å². The van der Waals surface area contributed by atoms with E-state index in [0.29, 0.717) is 35.4 Å². The summed E-state index contributed by atoms with van der Waals surface area (Å²) in [6.07, 6.45) is 1.29. The second-order valence-electron chi connectivity index (χ2n) is 7.44. The van der Waals surface area contributed by atoms with Crippen LogP contribution in [0.1, 0.15) is 41.5 Å². The van der Waals surface area contributed by atoms with Crippen molar-refractivity contribution in [2.45, 2.75) is 44.6 Å². The van der Waals surface area contributed by atoms with Gasteiger partial charge in [-0.3, -0.25) is 0 Å². The third kappa shape index (κ3) is 3.58. The molecule has 4 rings (SSSR count). The molecule has 0 aliphatic carbocycles. The van der Waals surface area contributed by atoms with E-state index in [1.807, 2.05) is 19.9 Å². The summed E-state index contributed by atoms with van der Waals surface area (Å²) in [5.74, 6) is 0.0714. The molecular formula is C21H22FN3O3S. The maximum absolute atomic E-state index is 13.5. The Morgan fingerprint density at radius 3 is 2.62 bits per heavy atom. The van der Waals surface area contributed by atoms with Gasteiger partial charge in [0.25, 0.3) is 0 Å². The Morgan fingerprint density at radius 1 is 1.10 bits per heavy atom. The van der Waals surface area contributed by atoms with Crippen molar-refractivity contribution in [3.8, 4) is 11.4 Å². The lowest BCUT2D eigenvalue weighted by atomic mass is 10.1. The second-order valence-corrected chi connectivity index (χ2v) is 9.30. The van der Waals surface area contributed by atoms with Crippen molar-refractivity contribution < 1.29 is 17.3 Å². The number of aromatic nitrogens is 2. The Kier molecular flexibility index (Phi) is 5.00. The highest BCUT2D eigenvalue weighted by molar-refractivity contribution is 7.89. The Labute approximate surface area is 169 Å². The van der Waals surface area contributed by atoms with E-state index in [9.17, 15) is 12.8 Å². The number of aryl methyl sites for hydroxylation is 3. The molecule has 3 aromatic rings. The molecule has 0 radical (unpaired) electrons. The molecule has 1 aromatic heterocycles. The smallest absolute Gasteiger partial charge is 0.245 e. The number of rotatable bonds is 4. The lowest BCUT2D eigenvalue weighted by Crippen LogP contribution is -2.31. The molecule has 6 nitrogen and oxygen atoms in total. The van der Waals surface area contributed by atoms with Gasteiger partial charge in [0.1, 0.15) is 11.9 Å². The van der Waals surface area contributed by atoms with Gasteiger partial charge in [0, 0.05) is 12.1 Å². The van der Waals surface area contributed by atoms with Gasteiger partial charge in [-0.05, 0) is 68.5 Å². The summed E-state index contributed by atoms with van der Waals surface area (Å²) in [6, 6.07) is 8.98. The van der Waals surface area contributed by atoms with Gasteiger partial charge >= 0.3 is 0 Å². The molecule has 8 heteroatoms. The highest BCUT2D eigenvalue weighted by Crippen LogP contribution is 2.37. The molecule has 1 saturated heterocycles. The number of benzene rings is 2. The fraction of sp³-hybridized carbons (Fsp3) is 0.333. The highest BCUT2D eigenvalue weighted by atomic mass is 32.2. The summed E-state index contributed by atoms with van der Waals surface area (Å²) in [6.45, 7) is 6.05. The van der Waals surface area contributed by atoms with Crippen LogP contribution < -0.4 is 0 Å². The monoisotopic (exact) mass is 415 g/mol. The normalized spacial score (nSPS) is 17.7. The average Bonchev–Trinajstić information content (AvgIpc) is 3.33. The first-order valence-corrected chi connectivity index (χ1v) is 10.9. The molecule has 1 fully saturated rings.